The molecule has 2 aliphatic carbocycles. The molecule has 0 spiro atoms. The van der Waals surface area contributed by atoms with Gasteiger partial charge in [0.1, 0.15) is 0 Å². The molecule has 1 nitrogen and oxygen atoms in total. The van der Waals surface area contributed by atoms with Crippen molar-refractivity contribution >= 4 is 0 Å². The van der Waals surface area contributed by atoms with Gasteiger partial charge in [-0.3, -0.25) is 0 Å². The zero-order chi connectivity index (χ0) is 10.2. The molecule has 2 rings (SSSR count). The monoisotopic (exact) mass is 195 g/mol. The van der Waals surface area contributed by atoms with Crippen molar-refractivity contribution in [1.82, 2.24) is 0 Å². The van der Waals surface area contributed by atoms with Crippen LogP contribution in [0.1, 0.15) is 65.2 Å². The molecule has 0 bridgehead atoms. The van der Waals surface area contributed by atoms with Crippen molar-refractivity contribution in [3.63, 3.8) is 0 Å². The van der Waals surface area contributed by atoms with E-state index in [4.69, 9.17) is 5.73 Å². The van der Waals surface area contributed by atoms with Crippen LogP contribution in [0.4, 0.5) is 0 Å². The van der Waals surface area contributed by atoms with Gasteiger partial charge < -0.3 is 5.73 Å². The Morgan fingerprint density at radius 3 is 2.14 bits per heavy atom. The average molecular weight is 195 g/mol. The third-order valence-corrected chi connectivity index (χ3v) is 4.62. The molecule has 82 valence electrons. The molecule has 0 aromatic heterocycles. The molecular weight excluding hydrogens is 170 g/mol. The molecule has 0 aromatic carbocycles. The summed E-state index contributed by atoms with van der Waals surface area (Å²) in [7, 11) is 0. The van der Waals surface area contributed by atoms with Crippen LogP contribution in [0.2, 0.25) is 0 Å². The van der Waals surface area contributed by atoms with E-state index < -0.39 is 0 Å². The second kappa shape index (κ2) is 3.52. The fourth-order valence-electron chi connectivity index (χ4n) is 3.21. The molecule has 0 unspecified atom stereocenters. The summed E-state index contributed by atoms with van der Waals surface area (Å²) in [6.45, 7) is 4.45. The Balaban J connectivity index is 1.90. The molecule has 2 fully saturated rings. The summed E-state index contributed by atoms with van der Waals surface area (Å²) >= 11 is 0. The normalized spacial score (nSPS) is 27.6. The zero-order valence-electron chi connectivity index (χ0n) is 9.81. The lowest BCUT2D eigenvalue weighted by atomic mass is 9.74. The second-order valence-corrected chi connectivity index (χ2v) is 6.21. The summed E-state index contributed by atoms with van der Waals surface area (Å²) in [5.41, 5.74) is 6.88. The summed E-state index contributed by atoms with van der Waals surface area (Å²) in [6.07, 6.45) is 11.5. The second-order valence-electron chi connectivity index (χ2n) is 6.21. The highest BCUT2D eigenvalue weighted by atomic mass is 14.8. The number of hydrogen-bond donors (Lipinski definition) is 1. The van der Waals surface area contributed by atoms with E-state index in [-0.39, 0.29) is 5.54 Å². The predicted molar refractivity (Wildman–Crippen MR) is 61.1 cm³/mol. The Hall–Kier alpha value is -0.0400. The van der Waals surface area contributed by atoms with Crippen molar-refractivity contribution in [2.24, 2.45) is 17.1 Å². The summed E-state index contributed by atoms with van der Waals surface area (Å²) in [5.74, 6) is 0.995. The van der Waals surface area contributed by atoms with Gasteiger partial charge in [-0.15, -0.1) is 0 Å². The predicted octanol–water partition coefficient (Wildman–Crippen LogP) is 3.47. The van der Waals surface area contributed by atoms with Crippen LogP contribution in [0.15, 0.2) is 0 Å². The first-order chi connectivity index (χ1) is 6.54. The summed E-state index contributed by atoms with van der Waals surface area (Å²) in [6, 6.07) is 0. The lowest BCUT2D eigenvalue weighted by Gasteiger charge is -2.35. The molecule has 2 N–H and O–H groups in total. The highest BCUT2D eigenvalue weighted by molar-refractivity contribution is 5.07. The number of nitrogens with two attached hydrogens (primary N) is 1. The molecule has 14 heavy (non-hydrogen) atoms. The standard InChI is InChI=1S/C13H25N/c1-12(2,14)13(8-9-13)10-11-6-4-3-5-7-11/h11H,3-10,14H2,1-2H3. The lowest BCUT2D eigenvalue weighted by Crippen LogP contribution is -2.43. The largest absolute Gasteiger partial charge is 0.325 e. The van der Waals surface area contributed by atoms with Gasteiger partial charge in [0, 0.05) is 5.54 Å². The van der Waals surface area contributed by atoms with E-state index in [0.717, 1.165) is 5.92 Å². The highest BCUT2D eigenvalue weighted by Gasteiger charge is 2.52. The minimum Gasteiger partial charge on any atom is -0.325 e. The van der Waals surface area contributed by atoms with Crippen molar-refractivity contribution < 1.29 is 0 Å². The Kier molecular flexibility index (Phi) is 2.63. The molecule has 0 saturated heterocycles. The molecule has 0 aliphatic heterocycles. The van der Waals surface area contributed by atoms with Crippen LogP contribution in [-0.4, -0.2) is 5.54 Å². The van der Waals surface area contributed by atoms with E-state index in [1.165, 1.54) is 51.4 Å². The fourth-order valence-corrected chi connectivity index (χ4v) is 3.21. The first-order valence-corrected chi connectivity index (χ1v) is 6.32. The summed E-state index contributed by atoms with van der Waals surface area (Å²) < 4.78 is 0. The minimum atomic E-state index is 0.0600. The molecule has 0 radical (unpaired) electrons. The van der Waals surface area contributed by atoms with Crippen LogP contribution in [-0.2, 0) is 0 Å². The third-order valence-electron chi connectivity index (χ3n) is 4.62. The van der Waals surface area contributed by atoms with Crippen molar-refractivity contribution in [1.29, 1.82) is 0 Å². The number of rotatable bonds is 3. The van der Waals surface area contributed by atoms with Gasteiger partial charge in [-0.05, 0) is 44.4 Å². The molecule has 0 aromatic rings. The van der Waals surface area contributed by atoms with E-state index in [9.17, 15) is 0 Å². The fraction of sp³-hybridized carbons (Fsp3) is 1.00. The molecule has 2 aliphatic rings. The molecule has 0 heterocycles. The Morgan fingerprint density at radius 2 is 1.71 bits per heavy atom. The van der Waals surface area contributed by atoms with E-state index in [2.05, 4.69) is 13.8 Å². The van der Waals surface area contributed by atoms with Crippen molar-refractivity contribution in [2.75, 3.05) is 0 Å². The topological polar surface area (TPSA) is 26.0 Å². The first kappa shape index (κ1) is 10.5. The zero-order valence-corrected chi connectivity index (χ0v) is 9.81. The van der Waals surface area contributed by atoms with Gasteiger partial charge in [0.2, 0.25) is 0 Å². The maximum absolute atomic E-state index is 6.29. The summed E-state index contributed by atoms with van der Waals surface area (Å²) in [5, 5.41) is 0. The van der Waals surface area contributed by atoms with Crippen LogP contribution in [0, 0.1) is 11.3 Å². The van der Waals surface area contributed by atoms with E-state index in [0.29, 0.717) is 5.41 Å². The SMILES string of the molecule is CC(C)(N)C1(CC2CCCCC2)CC1. The molecule has 1 heteroatoms. The van der Waals surface area contributed by atoms with Gasteiger partial charge in [0.25, 0.3) is 0 Å². The van der Waals surface area contributed by atoms with Crippen LogP contribution < -0.4 is 5.73 Å². The van der Waals surface area contributed by atoms with Gasteiger partial charge in [-0.25, -0.2) is 0 Å². The maximum Gasteiger partial charge on any atom is 0.0154 e. The maximum atomic E-state index is 6.29. The average Bonchev–Trinajstić information content (AvgIpc) is 2.86. The summed E-state index contributed by atoms with van der Waals surface area (Å²) in [4.78, 5) is 0. The molecular formula is C13H25N. The quantitative estimate of drug-likeness (QED) is 0.733. The highest BCUT2D eigenvalue weighted by Crippen LogP contribution is 2.58. The van der Waals surface area contributed by atoms with Crippen LogP contribution in [0.5, 0.6) is 0 Å². The first-order valence-electron chi connectivity index (χ1n) is 6.32. The molecule has 2 saturated carbocycles. The molecule has 0 amide bonds. The van der Waals surface area contributed by atoms with Gasteiger partial charge in [0.15, 0.2) is 0 Å². The smallest absolute Gasteiger partial charge is 0.0154 e. The van der Waals surface area contributed by atoms with E-state index in [1.54, 1.807) is 0 Å². The number of hydrogen-bond acceptors (Lipinski definition) is 1. The van der Waals surface area contributed by atoms with Gasteiger partial charge in [0.05, 0.1) is 0 Å². The van der Waals surface area contributed by atoms with Crippen molar-refractivity contribution in [3.05, 3.63) is 0 Å². The lowest BCUT2D eigenvalue weighted by molar-refractivity contribution is 0.202. The van der Waals surface area contributed by atoms with Gasteiger partial charge in [-0.2, -0.15) is 0 Å². The Labute approximate surface area is 88.4 Å². The third kappa shape index (κ3) is 1.98. The van der Waals surface area contributed by atoms with Crippen LogP contribution >= 0.6 is 0 Å². The van der Waals surface area contributed by atoms with Crippen molar-refractivity contribution in [3.8, 4) is 0 Å². The van der Waals surface area contributed by atoms with Gasteiger partial charge >= 0.3 is 0 Å². The molecule has 0 atom stereocenters. The van der Waals surface area contributed by atoms with E-state index in [1.807, 2.05) is 0 Å². The Morgan fingerprint density at radius 1 is 1.14 bits per heavy atom. The van der Waals surface area contributed by atoms with Crippen LogP contribution in [0.25, 0.3) is 0 Å². The van der Waals surface area contributed by atoms with Crippen molar-refractivity contribution in [2.45, 2.75) is 70.8 Å². The minimum absolute atomic E-state index is 0.0600. The van der Waals surface area contributed by atoms with Gasteiger partial charge in [-0.1, -0.05) is 32.1 Å². The Bertz CT molecular complexity index is 192. The van der Waals surface area contributed by atoms with E-state index >= 15 is 0 Å². The van der Waals surface area contributed by atoms with Crippen LogP contribution in [0.3, 0.4) is 0 Å².